The fourth-order valence-electron chi connectivity index (χ4n) is 0.714. The Morgan fingerprint density at radius 1 is 0.933 bits per heavy atom. The number of aliphatic carboxylic acids is 3. The standard InChI is InChI=1S/C6H8O7.H2O.Zn/c7-3(8)1-6(13,5(11)12)2-4(9)10;;/h13H,1-2H2,(H,7,8)(H,9,10)(H,11,12);1H2;. The molecule has 0 unspecified atom stereocenters. The monoisotopic (exact) mass is 274 g/mol. The molecule has 0 aliphatic carbocycles. The van der Waals surface area contributed by atoms with Crippen LogP contribution < -0.4 is 0 Å². The largest absolute Gasteiger partial charge is 0.481 e. The van der Waals surface area contributed by atoms with Crippen LogP contribution in [0.3, 0.4) is 0 Å². The van der Waals surface area contributed by atoms with E-state index in [4.69, 9.17) is 20.4 Å². The zero-order chi connectivity index (χ0) is 10.6. The zero-order valence-corrected chi connectivity index (χ0v) is 10.6. The van der Waals surface area contributed by atoms with Gasteiger partial charge in [0.15, 0.2) is 5.60 Å². The minimum atomic E-state index is -2.74. The maximum atomic E-state index is 10.3. The Balaban J connectivity index is -0.000000720. The van der Waals surface area contributed by atoms with Crippen molar-refractivity contribution in [3.8, 4) is 0 Å². The molecule has 0 aromatic carbocycles. The summed E-state index contributed by atoms with van der Waals surface area (Å²) < 4.78 is 0. The van der Waals surface area contributed by atoms with Crippen molar-refractivity contribution in [2.75, 3.05) is 0 Å². The predicted molar refractivity (Wildman–Crippen MR) is 40.7 cm³/mol. The first-order chi connectivity index (χ1) is 5.78. The number of carboxylic acids is 3. The molecule has 0 amide bonds. The van der Waals surface area contributed by atoms with Crippen molar-refractivity contribution in [3.63, 3.8) is 0 Å². The number of carboxylic acid groups (broad SMARTS) is 3. The van der Waals surface area contributed by atoms with Gasteiger partial charge in [-0.1, -0.05) is 0 Å². The molecule has 0 saturated carbocycles. The van der Waals surface area contributed by atoms with Gasteiger partial charge in [-0.15, -0.1) is 0 Å². The minimum Gasteiger partial charge on any atom is -0.481 e. The molecule has 0 saturated heterocycles. The molecule has 0 radical (unpaired) electrons. The van der Waals surface area contributed by atoms with E-state index >= 15 is 0 Å². The van der Waals surface area contributed by atoms with Crippen LogP contribution >= 0.6 is 0 Å². The molecule has 0 fully saturated rings. The molecular weight excluding hydrogens is 265 g/mol. The van der Waals surface area contributed by atoms with Crippen LogP contribution in [0.25, 0.3) is 0 Å². The Hall–Kier alpha value is -1.05. The molecule has 0 aliphatic rings. The van der Waals surface area contributed by atoms with Crippen molar-refractivity contribution in [1.82, 2.24) is 0 Å². The van der Waals surface area contributed by atoms with Gasteiger partial charge in [0, 0.05) is 19.5 Å². The summed E-state index contributed by atoms with van der Waals surface area (Å²) in [5.41, 5.74) is -2.74. The normalized spacial score (nSPS) is 9.40. The fraction of sp³-hybridized carbons (Fsp3) is 0.500. The molecule has 0 heterocycles. The van der Waals surface area contributed by atoms with Gasteiger partial charge >= 0.3 is 17.9 Å². The number of hydrogen-bond donors (Lipinski definition) is 4. The van der Waals surface area contributed by atoms with Crippen LogP contribution in [0, 0.1) is 0 Å². The van der Waals surface area contributed by atoms with Gasteiger partial charge in [-0.25, -0.2) is 4.79 Å². The van der Waals surface area contributed by atoms with E-state index in [-0.39, 0.29) is 25.0 Å². The van der Waals surface area contributed by atoms with Crippen LogP contribution in [0.15, 0.2) is 0 Å². The predicted octanol–water partition coefficient (Wildman–Crippen LogP) is -2.08. The van der Waals surface area contributed by atoms with Crippen LogP contribution in [0.2, 0.25) is 0 Å². The maximum Gasteiger partial charge on any atom is 0.336 e. The van der Waals surface area contributed by atoms with Crippen LogP contribution in [-0.4, -0.2) is 49.4 Å². The summed E-state index contributed by atoms with van der Waals surface area (Å²) in [6.45, 7) is 0. The molecule has 8 nitrogen and oxygen atoms in total. The first-order valence-electron chi connectivity index (χ1n) is 3.17. The SMILES string of the molecule is O.O=C(O)CC(O)(CC(=O)O)C(=O)O.[Zn]. The molecule has 0 aromatic heterocycles. The van der Waals surface area contributed by atoms with Crippen molar-refractivity contribution >= 4 is 17.9 Å². The van der Waals surface area contributed by atoms with Crippen molar-refractivity contribution in [1.29, 1.82) is 0 Å². The van der Waals surface area contributed by atoms with E-state index in [1.54, 1.807) is 0 Å². The van der Waals surface area contributed by atoms with Gasteiger partial charge in [0.2, 0.25) is 0 Å². The Labute approximate surface area is 96.6 Å². The molecular formula is C6H10O8Zn. The Morgan fingerprint density at radius 2 is 1.20 bits per heavy atom. The van der Waals surface area contributed by atoms with Crippen LogP contribution in [0.5, 0.6) is 0 Å². The van der Waals surface area contributed by atoms with E-state index in [0.29, 0.717) is 0 Å². The minimum absolute atomic E-state index is 0. The first-order valence-corrected chi connectivity index (χ1v) is 3.17. The average Bonchev–Trinajstić information content (AvgIpc) is 1.82. The molecule has 0 aromatic rings. The number of aliphatic hydroxyl groups is 1. The van der Waals surface area contributed by atoms with E-state index in [9.17, 15) is 14.4 Å². The molecule has 0 bridgehead atoms. The van der Waals surface area contributed by atoms with E-state index in [1.165, 1.54) is 0 Å². The molecule has 84 valence electrons. The summed E-state index contributed by atoms with van der Waals surface area (Å²) in [5, 5.41) is 33.8. The molecule has 9 heteroatoms. The third kappa shape index (κ3) is 6.95. The van der Waals surface area contributed by atoms with Gasteiger partial charge in [-0.05, 0) is 0 Å². The van der Waals surface area contributed by atoms with Crippen LogP contribution in [0.4, 0.5) is 0 Å². The van der Waals surface area contributed by atoms with Gasteiger partial charge in [-0.3, -0.25) is 9.59 Å². The molecule has 0 atom stereocenters. The smallest absolute Gasteiger partial charge is 0.336 e. The third-order valence-corrected chi connectivity index (χ3v) is 1.29. The zero-order valence-electron chi connectivity index (χ0n) is 7.63. The van der Waals surface area contributed by atoms with E-state index in [0.717, 1.165) is 0 Å². The van der Waals surface area contributed by atoms with Gasteiger partial charge in [0.05, 0.1) is 12.8 Å². The second kappa shape index (κ2) is 7.27. The number of carbonyl (C=O) groups is 3. The first kappa shape index (κ1) is 19.5. The molecule has 0 rings (SSSR count). The van der Waals surface area contributed by atoms with Gasteiger partial charge in [0.1, 0.15) is 0 Å². The number of hydrogen-bond acceptors (Lipinski definition) is 4. The summed E-state index contributed by atoms with van der Waals surface area (Å²) in [6, 6.07) is 0. The van der Waals surface area contributed by atoms with E-state index in [1.807, 2.05) is 0 Å². The van der Waals surface area contributed by atoms with Crippen molar-refractivity contribution in [2.24, 2.45) is 0 Å². The van der Waals surface area contributed by atoms with Crippen molar-refractivity contribution in [3.05, 3.63) is 0 Å². The van der Waals surface area contributed by atoms with Crippen molar-refractivity contribution < 1.29 is 59.8 Å². The van der Waals surface area contributed by atoms with Gasteiger partial charge in [-0.2, -0.15) is 0 Å². The molecule has 0 aliphatic heterocycles. The second-order valence-corrected chi connectivity index (χ2v) is 2.48. The van der Waals surface area contributed by atoms with Gasteiger partial charge < -0.3 is 25.9 Å². The second-order valence-electron chi connectivity index (χ2n) is 2.48. The fourth-order valence-corrected chi connectivity index (χ4v) is 0.714. The van der Waals surface area contributed by atoms with Crippen molar-refractivity contribution in [2.45, 2.75) is 18.4 Å². The average molecular weight is 276 g/mol. The van der Waals surface area contributed by atoms with Crippen LogP contribution in [-0.2, 0) is 33.9 Å². The maximum absolute atomic E-state index is 10.3. The Morgan fingerprint density at radius 3 is 1.33 bits per heavy atom. The molecule has 15 heavy (non-hydrogen) atoms. The number of rotatable bonds is 5. The Kier molecular flexibility index (Phi) is 9.46. The summed E-state index contributed by atoms with van der Waals surface area (Å²) >= 11 is 0. The third-order valence-electron chi connectivity index (χ3n) is 1.29. The molecule has 6 N–H and O–H groups in total. The summed E-state index contributed by atoms with van der Waals surface area (Å²) in [7, 11) is 0. The topological polar surface area (TPSA) is 164 Å². The quantitative estimate of drug-likeness (QED) is 0.418. The Bertz CT molecular complexity index is 234. The van der Waals surface area contributed by atoms with E-state index < -0.39 is 36.4 Å². The summed E-state index contributed by atoms with van der Waals surface area (Å²) in [4.78, 5) is 30.5. The molecule has 0 spiro atoms. The van der Waals surface area contributed by atoms with Gasteiger partial charge in [0.25, 0.3) is 0 Å². The summed E-state index contributed by atoms with van der Waals surface area (Å²) in [6.07, 6.45) is -2.29. The summed E-state index contributed by atoms with van der Waals surface area (Å²) in [5.74, 6) is -5.02. The van der Waals surface area contributed by atoms with E-state index in [2.05, 4.69) is 0 Å². The van der Waals surface area contributed by atoms with Crippen LogP contribution in [0.1, 0.15) is 12.8 Å².